The van der Waals surface area contributed by atoms with Crippen LogP contribution in [0.5, 0.6) is 5.75 Å². The van der Waals surface area contributed by atoms with Gasteiger partial charge >= 0.3 is 0 Å². The predicted molar refractivity (Wildman–Crippen MR) is 72.9 cm³/mol. The van der Waals surface area contributed by atoms with Gasteiger partial charge in [0.25, 0.3) is 5.91 Å². The molecule has 1 aliphatic carbocycles. The number of amides is 1. The number of ether oxygens (including phenoxy) is 1. The fraction of sp³-hybridized carbons (Fsp3) is 0.533. The quantitative estimate of drug-likeness (QED) is 0.837. The van der Waals surface area contributed by atoms with E-state index in [-0.39, 0.29) is 17.4 Å². The molecule has 1 aromatic carbocycles. The van der Waals surface area contributed by atoms with Gasteiger partial charge in [0.05, 0.1) is 0 Å². The number of nitrogens with two attached hydrogens (primary N) is 1. The van der Waals surface area contributed by atoms with Crippen molar-refractivity contribution in [2.24, 2.45) is 11.1 Å². The average molecular weight is 260 g/mol. The molecule has 2 aliphatic rings. The van der Waals surface area contributed by atoms with E-state index < -0.39 is 0 Å². The van der Waals surface area contributed by atoms with Gasteiger partial charge in [-0.3, -0.25) is 4.79 Å². The maximum atomic E-state index is 12.1. The fourth-order valence-corrected chi connectivity index (χ4v) is 2.71. The van der Waals surface area contributed by atoms with Crippen LogP contribution in [0, 0.1) is 5.41 Å². The van der Waals surface area contributed by atoms with Crippen LogP contribution in [0.15, 0.2) is 24.3 Å². The third-order valence-electron chi connectivity index (χ3n) is 4.21. The molecule has 1 unspecified atom stereocenters. The fourth-order valence-electron chi connectivity index (χ4n) is 2.71. The summed E-state index contributed by atoms with van der Waals surface area (Å²) in [5.74, 6) is 0.838. The summed E-state index contributed by atoms with van der Waals surface area (Å²) in [6.07, 6.45) is 3.66. The minimum Gasteiger partial charge on any atom is -0.480 e. The number of carbonyl (C=O) groups is 1. The number of hydrogen-bond donors (Lipinski definition) is 2. The SMILES string of the molecule is NCCC1(CNC(=O)C2Cc3ccccc3O2)CC1. The van der Waals surface area contributed by atoms with Crippen molar-refractivity contribution >= 4 is 5.91 Å². The average Bonchev–Trinajstić information content (AvgIpc) is 3.04. The first kappa shape index (κ1) is 12.5. The van der Waals surface area contributed by atoms with Crippen molar-refractivity contribution < 1.29 is 9.53 Å². The molecule has 0 spiro atoms. The topological polar surface area (TPSA) is 64.3 Å². The van der Waals surface area contributed by atoms with E-state index in [9.17, 15) is 4.79 Å². The van der Waals surface area contributed by atoms with Gasteiger partial charge in [0.1, 0.15) is 5.75 Å². The van der Waals surface area contributed by atoms with E-state index >= 15 is 0 Å². The van der Waals surface area contributed by atoms with Gasteiger partial charge in [-0.15, -0.1) is 0 Å². The molecular formula is C15H20N2O2. The Balaban J connectivity index is 1.53. The molecule has 4 nitrogen and oxygen atoms in total. The summed E-state index contributed by atoms with van der Waals surface area (Å²) in [6.45, 7) is 1.43. The first-order chi connectivity index (χ1) is 9.22. The number of rotatable bonds is 5. The summed E-state index contributed by atoms with van der Waals surface area (Å²) in [7, 11) is 0. The number of hydrogen-bond acceptors (Lipinski definition) is 3. The molecule has 4 heteroatoms. The number of fused-ring (bicyclic) bond motifs is 1. The zero-order chi connectivity index (χ0) is 13.3. The van der Waals surface area contributed by atoms with Crippen LogP contribution in [-0.4, -0.2) is 25.1 Å². The molecule has 1 aliphatic heterocycles. The zero-order valence-electron chi connectivity index (χ0n) is 11.0. The van der Waals surface area contributed by atoms with E-state index in [0.29, 0.717) is 13.0 Å². The summed E-state index contributed by atoms with van der Waals surface area (Å²) >= 11 is 0. The lowest BCUT2D eigenvalue weighted by atomic mass is 10.0. The van der Waals surface area contributed by atoms with Crippen LogP contribution < -0.4 is 15.8 Å². The van der Waals surface area contributed by atoms with E-state index in [1.54, 1.807) is 0 Å². The molecule has 19 heavy (non-hydrogen) atoms. The third-order valence-corrected chi connectivity index (χ3v) is 4.21. The molecule has 0 radical (unpaired) electrons. The van der Waals surface area contributed by atoms with Crippen molar-refractivity contribution in [3.63, 3.8) is 0 Å². The van der Waals surface area contributed by atoms with Gasteiger partial charge in [0.15, 0.2) is 6.10 Å². The Bertz CT molecular complexity index is 458. The van der Waals surface area contributed by atoms with Crippen molar-refractivity contribution in [3.8, 4) is 5.75 Å². The minimum absolute atomic E-state index is 0.000466. The van der Waals surface area contributed by atoms with Crippen LogP contribution in [0.4, 0.5) is 0 Å². The normalized spacial score (nSPS) is 22.5. The van der Waals surface area contributed by atoms with Crippen LogP contribution in [-0.2, 0) is 11.2 Å². The Morgan fingerprint density at radius 2 is 2.21 bits per heavy atom. The van der Waals surface area contributed by atoms with E-state index in [1.165, 1.54) is 12.8 Å². The third kappa shape index (κ3) is 2.59. The van der Waals surface area contributed by atoms with Gasteiger partial charge in [0.2, 0.25) is 0 Å². The van der Waals surface area contributed by atoms with Crippen LogP contribution in [0.3, 0.4) is 0 Å². The summed E-state index contributed by atoms with van der Waals surface area (Å²) < 4.78 is 5.68. The van der Waals surface area contributed by atoms with Crippen LogP contribution >= 0.6 is 0 Å². The Morgan fingerprint density at radius 3 is 2.89 bits per heavy atom. The smallest absolute Gasteiger partial charge is 0.261 e. The number of carbonyl (C=O) groups excluding carboxylic acids is 1. The summed E-state index contributed by atoms with van der Waals surface area (Å²) in [5, 5.41) is 3.03. The van der Waals surface area contributed by atoms with Crippen LogP contribution in [0.25, 0.3) is 0 Å². The molecule has 102 valence electrons. The van der Waals surface area contributed by atoms with Gasteiger partial charge in [-0.2, -0.15) is 0 Å². The molecule has 0 aromatic heterocycles. The van der Waals surface area contributed by atoms with Crippen molar-refractivity contribution in [2.75, 3.05) is 13.1 Å². The van der Waals surface area contributed by atoms with Crippen LogP contribution in [0.1, 0.15) is 24.8 Å². The highest BCUT2D eigenvalue weighted by molar-refractivity contribution is 5.82. The summed E-state index contributed by atoms with van der Waals surface area (Å²) in [4.78, 5) is 12.1. The lowest BCUT2D eigenvalue weighted by Crippen LogP contribution is -2.40. The Kier molecular flexibility index (Phi) is 3.19. The van der Waals surface area contributed by atoms with Gasteiger partial charge < -0.3 is 15.8 Å². The maximum absolute atomic E-state index is 12.1. The van der Waals surface area contributed by atoms with E-state index in [0.717, 1.165) is 24.3 Å². The molecule has 1 fully saturated rings. The van der Waals surface area contributed by atoms with Crippen molar-refractivity contribution in [2.45, 2.75) is 31.8 Å². The van der Waals surface area contributed by atoms with Gasteiger partial charge in [-0.05, 0) is 42.9 Å². The monoisotopic (exact) mass is 260 g/mol. The maximum Gasteiger partial charge on any atom is 0.261 e. The molecule has 1 aromatic rings. The first-order valence-electron chi connectivity index (χ1n) is 6.95. The standard InChI is InChI=1S/C15H20N2O2/c16-8-7-15(5-6-15)10-17-14(18)13-9-11-3-1-2-4-12(11)19-13/h1-4,13H,5-10,16H2,(H,17,18). The second-order valence-corrected chi connectivity index (χ2v) is 5.67. The number of nitrogens with one attached hydrogen (secondary N) is 1. The molecule has 0 saturated heterocycles. The molecule has 1 heterocycles. The second-order valence-electron chi connectivity index (χ2n) is 5.67. The summed E-state index contributed by atoms with van der Waals surface area (Å²) in [5.41, 5.74) is 6.99. The largest absolute Gasteiger partial charge is 0.480 e. The molecule has 1 atom stereocenters. The molecule has 3 N–H and O–H groups in total. The second kappa shape index (κ2) is 4.85. The van der Waals surface area contributed by atoms with Crippen molar-refractivity contribution in [3.05, 3.63) is 29.8 Å². The van der Waals surface area contributed by atoms with Crippen LogP contribution in [0.2, 0.25) is 0 Å². The Hall–Kier alpha value is -1.55. The van der Waals surface area contributed by atoms with Gasteiger partial charge in [0, 0.05) is 13.0 Å². The number of para-hydroxylation sites is 1. The van der Waals surface area contributed by atoms with Gasteiger partial charge in [-0.1, -0.05) is 18.2 Å². The van der Waals surface area contributed by atoms with E-state index in [4.69, 9.17) is 10.5 Å². The van der Waals surface area contributed by atoms with E-state index in [2.05, 4.69) is 5.32 Å². The Morgan fingerprint density at radius 1 is 1.42 bits per heavy atom. The lowest BCUT2D eigenvalue weighted by molar-refractivity contribution is -0.127. The van der Waals surface area contributed by atoms with Gasteiger partial charge in [-0.25, -0.2) is 0 Å². The molecule has 1 saturated carbocycles. The lowest BCUT2D eigenvalue weighted by Gasteiger charge is -2.17. The highest BCUT2D eigenvalue weighted by Gasteiger charge is 2.42. The zero-order valence-corrected chi connectivity index (χ0v) is 11.0. The molecular weight excluding hydrogens is 240 g/mol. The number of benzene rings is 1. The predicted octanol–water partition coefficient (Wildman–Crippen LogP) is 1.24. The highest BCUT2D eigenvalue weighted by atomic mass is 16.5. The highest BCUT2D eigenvalue weighted by Crippen LogP contribution is 2.47. The molecule has 1 amide bonds. The minimum atomic E-state index is -0.369. The summed E-state index contributed by atoms with van der Waals surface area (Å²) in [6, 6.07) is 7.83. The molecule has 0 bridgehead atoms. The molecule has 3 rings (SSSR count). The van der Waals surface area contributed by atoms with Crippen molar-refractivity contribution in [1.82, 2.24) is 5.32 Å². The van der Waals surface area contributed by atoms with Crippen molar-refractivity contribution in [1.29, 1.82) is 0 Å². The Labute approximate surface area is 113 Å². The van der Waals surface area contributed by atoms with E-state index in [1.807, 2.05) is 24.3 Å². The first-order valence-corrected chi connectivity index (χ1v) is 6.95.